The minimum atomic E-state index is 0.611. The molecule has 37 heavy (non-hydrogen) atoms. The number of rotatable bonds is 6. The molecule has 0 radical (unpaired) electrons. The summed E-state index contributed by atoms with van der Waals surface area (Å²) >= 11 is 0. The Labute approximate surface area is 215 Å². The smallest absolute Gasteiger partial charge is 0.164 e. The molecular formula is C32H22N4O. The first-order valence-corrected chi connectivity index (χ1v) is 12.0. The normalized spacial score (nSPS) is 10.7. The Hall–Kier alpha value is -5.16. The highest BCUT2D eigenvalue weighted by atomic mass is 16.5. The van der Waals surface area contributed by atoms with E-state index in [0.29, 0.717) is 17.5 Å². The van der Waals surface area contributed by atoms with E-state index in [0.717, 1.165) is 39.3 Å². The highest BCUT2D eigenvalue weighted by molar-refractivity contribution is 5.67. The molecule has 0 spiro atoms. The van der Waals surface area contributed by atoms with Crippen LogP contribution in [0.2, 0.25) is 0 Å². The number of pyridine rings is 1. The largest absolute Gasteiger partial charge is 0.457 e. The lowest BCUT2D eigenvalue weighted by molar-refractivity contribution is 0.483. The Morgan fingerprint density at radius 3 is 1.27 bits per heavy atom. The third-order valence-electron chi connectivity index (χ3n) is 5.90. The first kappa shape index (κ1) is 22.3. The molecule has 5 heteroatoms. The molecule has 176 valence electrons. The van der Waals surface area contributed by atoms with Crippen molar-refractivity contribution in [1.82, 2.24) is 19.9 Å². The van der Waals surface area contributed by atoms with Crippen LogP contribution in [0.3, 0.4) is 0 Å². The van der Waals surface area contributed by atoms with E-state index >= 15 is 0 Å². The molecule has 0 fully saturated rings. The van der Waals surface area contributed by atoms with Crippen LogP contribution in [0.4, 0.5) is 0 Å². The van der Waals surface area contributed by atoms with E-state index in [1.807, 2.05) is 128 Å². The summed E-state index contributed by atoms with van der Waals surface area (Å²) in [5, 5.41) is 0. The van der Waals surface area contributed by atoms with Gasteiger partial charge in [0, 0.05) is 29.1 Å². The van der Waals surface area contributed by atoms with Crippen LogP contribution in [-0.2, 0) is 0 Å². The first-order chi connectivity index (χ1) is 18.3. The van der Waals surface area contributed by atoms with Crippen LogP contribution in [0.1, 0.15) is 0 Å². The fraction of sp³-hybridized carbons (Fsp3) is 0. The number of hydrogen-bond donors (Lipinski definition) is 0. The summed E-state index contributed by atoms with van der Waals surface area (Å²) in [6.45, 7) is 0. The third-order valence-corrected chi connectivity index (χ3v) is 5.90. The Bertz CT molecular complexity index is 1550. The topological polar surface area (TPSA) is 60.8 Å². The summed E-state index contributed by atoms with van der Waals surface area (Å²) < 4.78 is 6.08. The quantitative estimate of drug-likeness (QED) is 0.245. The number of ether oxygens (including phenoxy) is 1. The summed E-state index contributed by atoms with van der Waals surface area (Å²) in [4.78, 5) is 18.5. The molecule has 0 N–H and O–H groups in total. The van der Waals surface area contributed by atoms with Crippen molar-refractivity contribution in [2.75, 3.05) is 0 Å². The van der Waals surface area contributed by atoms with Gasteiger partial charge in [-0.05, 0) is 53.6 Å². The highest BCUT2D eigenvalue weighted by Gasteiger charge is 2.12. The van der Waals surface area contributed by atoms with Crippen molar-refractivity contribution in [2.24, 2.45) is 0 Å². The van der Waals surface area contributed by atoms with Crippen LogP contribution in [0.15, 0.2) is 134 Å². The van der Waals surface area contributed by atoms with Crippen LogP contribution < -0.4 is 4.74 Å². The monoisotopic (exact) mass is 478 g/mol. The fourth-order valence-corrected chi connectivity index (χ4v) is 3.99. The number of benzene rings is 4. The molecule has 0 bridgehead atoms. The average molecular weight is 479 g/mol. The molecule has 0 atom stereocenters. The van der Waals surface area contributed by atoms with E-state index in [9.17, 15) is 0 Å². The van der Waals surface area contributed by atoms with Crippen LogP contribution in [0, 0.1) is 0 Å². The zero-order chi connectivity index (χ0) is 24.9. The molecule has 4 aromatic carbocycles. The van der Waals surface area contributed by atoms with Gasteiger partial charge < -0.3 is 4.74 Å². The highest BCUT2D eigenvalue weighted by Crippen LogP contribution is 2.29. The van der Waals surface area contributed by atoms with E-state index in [4.69, 9.17) is 19.7 Å². The van der Waals surface area contributed by atoms with Crippen LogP contribution in [0.5, 0.6) is 11.5 Å². The van der Waals surface area contributed by atoms with E-state index in [-0.39, 0.29) is 0 Å². The third kappa shape index (κ3) is 5.11. The second-order valence-electron chi connectivity index (χ2n) is 8.43. The first-order valence-electron chi connectivity index (χ1n) is 12.0. The Kier molecular flexibility index (Phi) is 6.16. The molecule has 0 amide bonds. The molecule has 6 rings (SSSR count). The summed E-state index contributed by atoms with van der Waals surface area (Å²) in [7, 11) is 0. The van der Waals surface area contributed by atoms with Gasteiger partial charge in [0.05, 0.1) is 0 Å². The van der Waals surface area contributed by atoms with Crippen LogP contribution in [0.25, 0.3) is 45.3 Å². The molecule has 2 heterocycles. The predicted octanol–water partition coefficient (Wildman–Crippen LogP) is 7.73. The lowest BCUT2D eigenvalue weighted by atomic mass is 10.1. The standard InChI is InChI=1S/C32H22N4O/c1-3-8-24(9-4-1)30-34-31(25-10-5-2-6-11-25)36-32(35-30)26-15-19-29(20-16-26)37-28-17-13-23(14-18-28)27-12-7-21-33-22-27/h1-22H. The number of nitrogens with zero attached hydrogens (tertiary/aromatic N) is 4. The van der Waals surface area contributed by atoms with Crippen molar-refractivity contribution in [1.29, 1.82) is 0 Å². The molecule has 6 aromatic rings. The van der Waals surface area contributed by atoms with Gasteiger partial charge in [0.1, 0.15) is 11.5 Å². The maximum absolute atomic E-state index is 6.08. The van der Waals surface area contributed by atoms with Crippen molar-refractivity contribution in [3.05, 3.63) is 134 Å². The number of hydrogen-bond acceptors (Lipinski definition) is 5. The molecule has 5 nitrogen and oxygen atoms in total. The van der Waals surface area contributed by atoms with Gasteiger partial charge in [-0.25, -0.2) is 15.0 Å². The maximum Gasteiger partial charge on any atom is 0.164 e. The van der Waals surface area contributed by atoms with E-state index in [1.54, 1.807) is 6.20 Å². The molecular weight excluding hydrogens is 456 g/mol. The maximum atomic E-state index is 6.08. The van der Waals surface area contributed by atoms with Gasteiger partial charge in [0.2, 0.25) is 0 Å². The minimum Gasteiger partial charge on any atom is -0.457 e. The van der Waals surface area contributed by atoms with Crippen molar-refractivity contribution in [3.63, 3.8) is 0 Å². The van der Waals surface area contributed by atoms with Gasteiger partial charge >= 0.3 is 0 Å². The lowest BCUT2D eigenvalue weighted by Crippen LogP contribution is -2.00. The van der Waals surface area contributed by atoms with Crippen LogP contribution in [-0.4, -0.2) is 19.9 Å². The summed E-state index contributed by atoms with van der Waals surface area (Å²) in [5.74, 6) is 3.38. The molecule has 0 aliphatic rings. The van der Waals surface area contributed by atoms with Crippen LogP contribution >= 0.6 is 0 Å². The zero-order valence-corrected chi connectivity index (χ0v) is 19.9. The lowest BCUT2D eigenvalue weighted by Gasteiger charge is -2.10. The SMILES string of the molecule is c1ccc(-c2nc(-c3ccccc3)nc(-c3ccc(Oc4ccc(-c5cccnc5)cc4)cc3)n2)cc1. The molecule has 2 aromatic heterocycles. The van der Waals surface area contributed by atoms with Gasteiger partial charge in [-0.1, -0.05) is 78.9 Å². The van der Waals surface area contributed by atoms with Crippen molar-refractivity contribution in [2.45, 2.75) is 0 Å². The molecule has 0 aliphatic carbocycles. The van der Waals surface area contributed by atoms with Gasteiger partial charge in [-0.2, -0.15) is 0 Å². The molecule has 0 aliphatic heterocycles. The van der Waals surface area contributed by atoms with Gasteiger partial charge in [-0.3, -0.25) is 4.98 Å². The Morgan fingerprint density at radius 2 is 0.811 bits per heavy atom. The fourth-order valence-electron chi connectivity index (χ4n) is 3.99. The minimum absolute atomic E-state index is 0.611. The van der Waals surface area contributed by atoms with E-state index in [2.05, 4.69) is 4.98 Å². The van der Waals surface area contributed by atoms with E-state index < -0.39 is 0 Å². The van der Waals surface area contributed by atoms with Gasteiger partial charge in [0.15, 0.2) is 17.5 Å². The summed E-state index contributed by atoms with van der Waals surface area (Å²) in [6, 6.07) is 39.7. The van der Waals surface area contributed by atoms with Crippen molar-refractivity contribution < 1.29 is 4.74 Å². The van der Waals surface area contributed by atoms with Gasteiger partial charge in [-0.15, -0.1) is 0 Å². The number of aromatic nitrogens is 4. The second kappa shape index (κ2) is 10.2. The molecule has 0 unspecified atom stereocenters. The Morgan fingerprint density at radius 1 is 0.378 bits per heavy atom. The summed E-state index contributed by atoms with van der Waals surface area (Å²) in [5.41, 5.74) is 4.93. The molecule has 0 saturated carbocycles. The Balaban J connectivity index is 1.28. The summed E-state index contributed by atoms with van der Waals surface area (Å²) in [6.07, 6.45) is 3.62. The predicted molar refractivity (Wildman–Crippen MR) is 146 cm³/mol. The van der Waals surface area contributed by atoms with Crippen molar-refractivity contribution in [3.8, 4) is 56.8 Å². The zero-order valence-electron chi connectivity index (χ0n) is 19.9. The molecule has 0 saturated heterocycles. The second-order valence-corrected chi connectivity index (χ2v) is 8.43. The van der Waals surface area contributed by atoms with Gasteiger partial charge in [0.25, 0.3) is 0 Å². The van der Waals surface area contributed by atoms with E-state index in [1.165, 1.54) is 0 Å². The van der Waals surface area contributed by atoms with Crippen molar-refractivity contribution >= 4 is 0 Å². The average Bonchev–Trinajstić information content (AvgIpc) is 2.99.